The second-order valence-corrected chi connectivity index (χ2v) is 10.3. The Bertz CT molecular complexity index is 1050. The maximum Gasteiger partial charge on any atom is 0.364 e. The van der Waals surface area contributed by atoms with Gasteiger partial charge in [0.25, 0.3) is 11.6 Å². The Morgan fingerprint density at radius 3 is 1.70 bits per heavy atom. The molecule has 0 aromatic heterocycles. The van der Waals surface area contributed by atoms with E-state index in [1.165, 1.54) is 0 Å². The van der Waals surface area contributed by atoms with Crippen molar-refractivity contribution in [1.29, 1.82) is 0 Å². The SMILES string of the molecule is CC(=O)N[C@H]1[C@H]([C@H](O)[C@H](O)CO)O[C@@](O[C@H](CO)[C@@H](O)[C@@H]2O[C@@](OCC=O)(C(=O)O)C[C@H](O)[C@H]2NC(C)=O)(C(=O)O)C[C@@H]1O. The minimum absolute atomic E-state index is 0.167. The Morgan fingerprint density at radius 2 is 1.30 bits per heavy atom. The number of carboxylic acids is 2. The lowest BCUT2D eigenvalue weighted by Crippen LogP contribution is -2.70. The van der Waals surface area contributed by atoms with Crippen molar-refractivity contribution in [2.75, 3.05) is 19.8 Å². The molecule has 2 heterocycles. The molecule has 0 unspecified atom stereocenters. The van der Waals surface area contributed by atoms with Gasteiger partial charge in [-0.15, -0.1) is 0 Å². The van der Waals surface area contributed by atoms with E-state index < -0.39 is 129 Å². The summed E-state index contributed by atoms with van der Waals surface area (Å²) in [4.78, 5) is 59.1. The first-order valence-electron chi connectivity index (χ1n) is 13.2. The topological polar surface area (TPSA) is 328 Å². The van der Waals surface area contributed by atoms with Crippen LogP contribution >= 0.6 is 0 Å². The lowest BCUT2D eigenvalue weighted by molar-refractivity contribution is -0.345. The summed E-state index contributed by atoms with van der Waals surface area (Å²) >= 11 is 0. The average molecular weight is 643 g/mol. The van der Waals surface area contributed by atoms with Crippen LogP contribution in [0.1, 0.15) is 26.7 Å². The van der Waals surface area contributed by atoms with E-state index in [2.05, 4.69) is 10.6 Å². The molecule has 0 aromatic carbocycles. The molecule has 0 bridgehead atoms. The van der Waals surface area contributed by atoms with Crippen molar-refractivity contribution in [1.82, 2.24) is 10.6 Å². The first-order chi connectivity index (χ1) is 20.5. The zero-order chi connectivity index (χ0) is 33.6. The molecule has 0 aliphatic carbocycles. The highest BCUT2D eigenvalue weighted by Gasteiger charge is 2.60. The molecule has 2 saturated heterocycles. The fourth-order valence-corrected chi connectivity index (χ4v) is 5.04. The third kappa shape index (κ3) is 8.22. The quantitative estimate of drug-likeness (QED) is 0.0739. The number of rotatable bonds is 15. The lowest BCUT2D eigenvalue weighted by atomic mass is 9.87. The molecule has 0 aromatic rings. The molecule has 0 spiro atoms. The Morgan fingerprint density at radius 1 is 0.841 bits per heavy atom. The largest absolute Gasteiger partial charge is 0.477 e. The maximum atomic E-state index is 12.5. The van der Waals surface area contributed by atoms with E-state index in [9.17, 15) is 69.9 Å². The van der Waals surface area contributed by atoms with Gasteiger partial charge < -0.3 is 80.3 Å². The van der Waals surface area contributed by atoms with Gasteiger partial charge in [-0.3, -0.25) is 9.59 Å². The summed E-state index contributed by atoms with van der Waals surface area (Å²) in [7, 11) is 0. The first-order valence-corrected chi connectivity index (χ1v) is 13.2. The van der Waals surface area contributed by atoms with Crippen molar-refractivity contribution in [3.63, 3.8) is 0 Å². The van der Waals surface area contributed by atoms with Gasteiger partial charge in [0.15, 0.2) is 0 Å². The fourth-order valence-electron chi connectivity index (χ4n) is 5.04. The van der Waals surface area contributed by atoms with Crippen LogP contribution in [0.25, 0.3) is 0 Å². The summed E-state index contributed by atoms with van der Waals surface area (Å²) in [6, 6.07) is -3.19. The van der Waals surface area contributed by atoms with E-state index in [4.69, 9.17) is 18.9 Å². The Hall–Kier alpha value is -2.89. The minimum Gasteiger partial charge on any atom is -0.477 e. The van der Waals surface area contributed by atoms with E-state index in [-0.39, 0.29) is 6.29 Å². The van der Waals surface area contributed by atoms with Gasteiger partial charge in [0.2, 0.25) is 11.8 Å². The zero-order valence-electron chi connectivity index (χ0n) is 23.6. The van der Waals surface area contributed by atoms with Crippen molar-refractivity contribution in [2.24, 2.45) is 0 Å². The molecule has 2 fully saturated rings. The Labute approximate surface area is 249 Å². The van der Waals surface area contributed by atoms with Crippen molar-refractivity contribution >= 4 is 30.0 Å². The third-order valence-electron chi connectivity index (χ3n) is 7.08. The third-order valence-corrected chi connectivity index (χ3v) is 7.08. The van der Waals surface area contributed by atoms with E-state index in [0.29, 0.717) is 0 Å². The predicted octanol–water partition coefficient (Wildman–Crippen LogP) is -6.47. The van der Waals surface area contributed by atoms with Gasteiger partial charge in [-0.1, -0.05) is 0 Å². The van der Waals surface area contributed by atoms with Crippen LogP contribution in [0.15, 0.2) is 0 Å². The second kappa shape index (κ2) is 15.4. The van der Waals surface area contributed by atoms with E-state index in [0.717, 1.165) is 13.8 Å². The number of aliphatic carboxylic acids is 2. The van der Waals surface area contributed by atoms with Crippen LogP contribution in [-0.4, -0.2) is 168 Å². The summed E-state index contributed by atoms with van der Waals surface area (Å²) < 4.78 is 21.4. The number of hydrogen-bond acceptors (Lipinski definition) is 16. The maximum absolute atomic E-state index is 12.5. The van der Waals surface area contributed by atoms with E-state index in [1.54, 1.807) is 0 Å². The number of ether oxygens (including phenoxy) is 4. The summed E-state index contributed by atoms with van der Waals surface area (Å²) in [5.41, 5.74) is 0. The Kier molecular flexibility index (Phi) is 13.1. The number of aldehydes is 1. The van der Waals surface area contributed by atoms with Crippen LogP contribution in [0.5, 0.6) is 0 Å². The molecule has 2 rings (SSSR count). The number of carbonyl (C=O) groups excluding carboxylic acids is 3. The van der Waals surface area contributed by atoms with Crippen LogP contribution in [0.3, 0.4) is 0 Å². The molecule has 20 nitrogen and oxygen atoms in total. The summed E-state index contributed by atoms with van der Waals surface area (Å²) in [6.07, 6.45) is -18.0. The molecule has 252 valence electrons. The molecule has 2 aliphatic rings. The normalized spacial score (nSPS) is 35.0. The van der Waals surface area contributed by atoms with Crippen LogP contribution in [0.2, 0.25) is 0 Å². The predicted molar refractivity (Wildman–Crippen MR) is 136 cm³/mol. The molecular weight excluding hydrogens is 604 g/mol. The molecule has 12 atom stereocenters. The van der Waals surface area contributed by atoms with Gasteiger partial charge >= 0.3 is 11.9 Å². The van der Waals surface area contributed by atoms with Crippen molar-refractivity contribution in [3.8, 4) is 0 Å². The van der Waals surface area contributed by atoms with Crippen LogP contribution in [-0.2, 0) is 42.9 Å². The van der Waals surface area contributed by atoms with Crippen LogP contribution < -0.4 is 10.6 Å². The van der Waals surface area contributed by atoms with Gasteiger partial charge in [-0.05, 0) is 0 Å². The number of carboxylic acid groups (broad SMARTS) is 2. The summed E-state index contributed by atoms with van der Waals surface area (Å²) in [6.45, 7) is -1.15. The average Bonchev–Trinajstić information content (AvgIpc) is 2.95. The van der Waals surface area contributed by atoms with Gasteiger partial charge in [0.1, 0.15) is 49.5 Å². The minimum atomic E-state index is -3.06. The zero-order valence-corrected chi connectivity index (χ0v) is 23.6. The number of hydrogen-bond donors (Lipinski definition) is 11. The van der Waals surface area contributed by atoms with Crippen molar-refractivity contribution in [2.45, 2.75) is 99.2 Å². The summed E-state index contributed by atoms with van der Waals surface area (Å²) in [5, 5.41) is 97.2. The Balaban J connectivity index is 2.54. The molecule has 0 radical (unpaired) electrons. The molecule has 2 aliphatic heterocycles. The van der Waals surface area contributed by atoms with Gasteiger partial charge in [-0.2, -0.15) is 0 Å². The van der Waals surface area contributed by atoms with Crippen LogP contribution in [0, 0.1) is 0 Å². The van der Waals surface area contributed by atoms with Gasteiger partial charge in [0, 0.05) is 26.7 Å². The molecule has 44 heavy (non-hydrogen) atoms. The lowest BCUT2D eigenvalue weighted by Gasteiger charge is -2.49. The fraction of sp³-hybridized carbons (Fsp3) is 0.792. The number of aliphatic hydroxyl groups excluding tert-OH is 7. The van der Waals surface area contributed by atoms with E-state index >= 15 is 0 Å². The molecular formula is C24H38N2O18. The van der Waals surface area contributed by atoms with Gasteiger partial charge in [0.05, 0.1) is 37.5 Å². The molecule has 0 saturated carbocycles. The monoisotopic (exact) mass is 642 g/mol. The number of nitrogens with one attached hydrogen (secondary N) is 2. The number of carbonyl (C=O) groups is 5. The number of amides is 2. The smallest absolute Gasteiger partial charge is 0.364 e. The highest BCUT2D eigenvalue weighted by atomic mass is 16.7. The molecule has 11 N–H and O–H groups in total. The molecule has 20 heteroatoms. The molecule has 2 amide bonds. The highest BCUT2D eigenvalue weighted by Crippen LogP contribution is 2.37. The second-order valence-electron chi connectivity index (χ2n) is 10.3. The van der Waals surface area contributed by atoms with Crippen LogP contribution in [0.4, 0.5) is 0 Å². The van der Waals surface area contributed by atoms with Crippen molar-refractivity contribution < 1.29 is 88.9 Å². The van der Waals surface area contributed by atoms with E-state index in [1.807, 2.05) is 0 Å². The highest BCUT2D eigenvalue weighted by molar-refractivity contribution is 5.77. The standard InChI is InChI=1S/C24H38N2O18/c1-9(30)25-15-12(33)6-24(22(39)40,44-19(15)17(35)13(34)7-28)42-14(8-29)18(36)20-16(26-10(2)31)11(32)5-23(43-20,21(37)38)41-4-3-27/h3,11-20,28-29,32-36H,4-8H2,1-2H3,(H,25,30)(H,26,31)(H,37,38)(H,39,40)/t11-,12-,13+,14+,15+,16+,17+,18+,19+,20+,23+,24+/m0/s1. The van der Waals surface area contributed by atoms with Crippen molar-refractivity contribution in [3.05, 3.63) is 0 Å². The number of aliphatic hydroxyl groups is 7. The first kappa shape index (κ1) is 37.3. The summed E-state index contributed by atoms with van der Waals surface area (Å²) in [5.74, 6) is -11.3. The van der Waals surface area contributed by atoms with Gasteiger partial charge in [-0.25, -0.2) is 9.59 Å².